The summed E-state index contributed by atoms with van der Waals surface area (Å²) in [6, 6.07) is 0. The van der Waals surface area contributed by atoms with Crippen LogP contribution >= 0.6 is 22.6 Å². The SMILES string of the molecule is COC(=O)c1c(OC)ncc(OC(F)(F)F)c1I. The third-order valence-corrected chi connectivity index (χ3v) is 2.83. The van der Waals surface area contributed by atoms with Gasteiger partial charge in [-0.1, -0.05) is 0 Å². The Labute approximate surface area is 113 Å². The quantitative estimate of drug-likeness (QED) is 0.598. The Morgan fingerprint density at radius 2 is 2.00 bits per heavy atom. The molecule has 0 aliphatic carbocycles. The lowest BCUT2D eigenvalue weighted by molar-refractivity contribution is -0.275. The lowest BCUT2D eigenvalue weighted by Crippen LogP contribution is -2.19. The molecule has 0 bridgehead atoms. The minimum atomic E-state index is -4.87. The Morgan fingerprint density at radius 1 is 1.39 bits per heavy atom. The van der Waals surface area contributed by atoms with Crippen LogP contribution < -0.4 is 9.47 Å². The zero-order chi connectivity index (χ0) is 13.9. The maximum atomic E-state index is 12.1. The number of rotatable bonds is 3. The Bertz CT molecular complexity index is 464. The molecule has 0 unspecified atom stereocenters. The third-order valence-electron chi connectivity index (χ3n) is 1.76. The standard InChI is InChI=1S/C9H7F3INO4/c1-16-7-5(8(15)17-2)6(13)4(3-14-7)18-9(10,11)12/h3H,1-2H3. The number of carbonyl (C=O) groups is 1. The summed E-state index contributed by atoms with van der Waals surface area (Å²) in [5.41, 5.74) is -0.220. The fourth-order valence-corrected chi connectivity index (χ4v) is 1.79. The van der Waals surface area contributed by atoms with Crippen molar-refractivity contribution in [3.8, 4) is 11.6 Å². The van der Waals surface area contributed by atoms with E-state index in [4.69, 9.17) is 4.74 Å². The predicted octanol–water partition coefficient (Wildman–Crippen LogP) is 2.38. The smallest absolute Gasteiger partial charge is 0.480 e. The highest BCUT2D eigenvalue weighted by atomic mass is 127. The normalized spacial score (nSPS) is 11.0. The van der Waals surface area contributed by atoms with Gasteiger partial charge < -0.3 is 14.2 Å². The second kappa shape index (κ2) is 5.59. The molecule has 1 rings (SSSR count). The number of nitrogens with zero attached hydrogens (tertiary/aromatic N) is 1. The van der Waals surface area contributed by atoms with Crippen LogP contribution in [0.5, 0.6) is 11.6 Å². The van der Waals surface area contributed by atoms with E-state index in [0.29, 0.717) is 0 Å². The lowest BCUT2D eigenvalue weighted by Gasteiger charge is -2.13. The largest absolute Gasteiger partial charge is 0.573 e. The van der Waals surface area contributed by atoms with E-state index in [1.165, 1.54) is 29.7 Å². The molecule has 18 heavy (non-hydrogen) atoms. The van der Waals surface area contributed by atoms with Gasteiger partial charge in [-0.2, -0.15) is 0 Å². The Hall–Kier alpha value is -1.26. The van der Waals surface area contributed by atoms with Crippen LogP contribution in [0.3, 0.4) is 0 Å². The molecule has 0 radical (unpaired) electrons. The van der Waals surface area contributed by atoms with Crippen LogP contribution in [-0.4, -0.2) is 31.5 Å². The fraction of sp³-hybridized carbons (Fsp3) is 0.333. The first-order valence-corrected chi connectivity index (χ1v) is 5.44. The maximum absolute atomic E-state index is 12.1. The van der Waals surface area contributed by atoms with E-state index in [1.54, 1.807) is 0 Å². The van der Waals surface area contributed by atoms with Gasteiger partial charge in [0, 0.05) is 0 Å². The van der Waals surface area contributed by atoms with Gasteiger partial charge in [0.2, 0.25) is 5.88 Å². The number of ether oxygens (including phenoxy) is 3. The molecule has 0 atom stereocenters. The number of aromatic nitrogens is 1. The first-order valence-electron chi connectivity index (χ1n) is 4.36. The number of hydrogen-bond acceptors (Lipinski definition) is 5. The lowest BCUT2D eigenvalue weighted by atomic mass is 10.2. The van der Waals surface area contributed by atoms with Crippen molar-refractivity contribution in [3.05, 3.63) is 15.3 Å². The Morgan fingerprint density at radius 3 is 2.44 bits per heavy atom. The average Bonchev–Trinajstić information content (AvgIpc) is 2.29. The minimum Gasteiger partial charge on any atom is -0.480 e. The highest BCUT2D eigenvalue weighted by Crippen LogP contribution is 2.33. The van der Waals surface area contributed by atoms with E-state index in [-0.39, 0.29) is 15.0 Å². The van der Waals surface area contributed by atoms with Crippen molar-refractivity contribution < 1.29 is 32.2 Å². The van der Waals surface area contributed by atoms with Crippen LogP contribution in [0, 0.1) is 3.57 Å². The molecule has 0 aliphatic heterocycles. The van der Waals surface area contributed by atoms with Gasteiger partial charge in [-0.25, -0.2) is 9.78 Å². The highest BCUT2D eigenvalue weighted by molar-refractivity contribution is 14.1. The maximum Gasteiger partial charge on any atom is 0.573 e. The number of hydrogen-bond donors (Lipinski definition) is 0. The van der Waals surface area contributed by atoms with Crippen LogP contribution in [0.4, 0.5) is 13.2 Å². The minimum absolute atomic E-state index is 0.0939. The monoisotopic (exact) mass is 377 g/mol. The molecule has 0 aliphatic rings. The second-order valence-electron chi connectivity index (χ2n) is 2.86. The van der Waals surface area contributed by atoms with Crippen molar-refractivity contribution in [2.24, 2.45) is 0 Å². The molecule has 1 aromatic rings. The van der Waals surface area contributed by atoms with E-state index in [1.807, 2.05) is 0 Å². The molecule has 9 heteroatoms. The molecule has 0 N–H and O–H groups in total. The molecule has 0 amide bonds. The topological polar surface area (TPSA) is 57.7 Å². The summed E-state index contributed by atoms with van der Waals surface area (Å²) in [5.74, 6) is -1.60. The summed E-state index contributed by atoms with van der Waals surface area (Å²) in [7, 11) is 2.32. The summed E-state index contributed by atoms with van der Waals surface area (Å²) >= 11 is 1.52. The molecule has 0 saturated heterocycles. The molecule has 100 valence electrons. The van der Waals surface area contributed by atoms with Crippen molar-refractivity contribution >= 4 is 28.6 Å². The van der Waals surface area contributed by atoms with E-state index < -0.39 is 18.1 Å². The van der Waals surface area contributed by atoms with Gasteiger partial charge in [-0.3, -0.25) is 0 Å². The fourth-order valence-electron chi connectivity index (χ4n) is 1.09. The van der Waals surface area contributed by atoms with Crippen molar-refractivity contribution in [2.75, 3.05) is 14.2 Å². The van der Waals surface area contributed by atoms with Gasteiger partial charge in [0.25, 0.3) is 0 Å². The summed E-state index contributed by atoms with van der Waals surface area (Å²) in [6.45, 7) is 0. The molecule has 1 heterocycles. The average molecular weight is 377 g/mol. The van der Waals surface area contributed by atoms with Gasteiger partial charge >= 0.3 is 12.3 Å². The van der Waals surface area contributed by atoms with Crippen molar-refractivity contribution in [3.63, 3.8) is 0 Å². The number of carbonyl (C=O) groups excluding carboxylic acids is 1. The molecule has 1 aromatic heterocycles. The molecular weight excluding hydrogens is 370 g/mol. The van der Waals surface area contributed by atoms with Crippen LogP contribution in [-0.2, 0) is 4.74 Å². The summed E-state index contributed by atoms with van der Waals surface area (Å²) in [5, 5.41) is 0. The van der Waals surface area contributed by atoms with Gasteiger partial charge in [0.05, 0.1) is 24.0 Å². The molecule has 0 aromatic carbocycles. The number of esters is 1. The van der Waals surface area contributed by atoms with Crippen LogP contribution in [0.2, 0.25) is 0 Å². The van der Waals surface area contributed by atoms with Gasteiger partial charge in [-0.05, 0) is 22.6 Å². The summed E-state index contributed by atoms with van der Waals surface area (Å²) < 4.78 is 49.2. The van der Waals surface area contributed by atoms with Crippen molar-refractivity contribution in [1.29, 1.82) is 0 Å². The van der Waals surface area contributed by atoms with Crippen LogP contribution in [0.1, 0.15) is 10.4 Å². The van der Waals surface area contributed by atoms with Crippen molar-refractivity contribution in [2.45, 2.75) is 6.36 Å². The summed E-state index contributed by atoms with van der Waals surface area (Å²) in [4.78, 5) is 15.0. The van der Waals surface area contributed by atoms with E-state index in [9.17, 15) is 18.0 Å². The first-order chi connectivity index (χ1) is 8.30. The van der Waals surface area contributed by atoms with Crippen LogP contribution in [0.25, 0.3) is 0 Å². The number of halogens is 4. The second-order valence-corrected chi connectivity index (χ2v) is 3.94. The van der Waals surface area contributed by atoms with Gasteiger partial charge in [0.15, 0.2) is 5.75 Å². The van der Waals surface area contributed by atoms with E-state index in [0.717, 1.165) is 13.3 Å². The van der Waals surface area contributed by atoms with Gasteiger partial charge in [-0.15, -0.1) is 13.2 Å². The van der Waals surface area contributed by atoms with Crippen LogP contribution in [0.15, 0.2) is 6.20 Å². The number of pyridine rings is 1. The molecule has 0 fully saturated rings. The third kappa shape index (κ3) is 3.37. The zero-order valence-electron chi connectivity index (χ0n) is 9.17. The molecular formula is C9H7F3INO4. The Kier molecular flexibility index (Phi) is 4.59. The zero-order valence-corrected chi connectivity index (χ0v) is 11.3. The van der Waals surface area contributed by atoms with E-state index >= 15 is 0 Å². The molecule has 0 saturated carbocycles. The van der Waals surface area contributed by atoms with E-state index in [2.05, 4.69) is 14.5 Å². The van der Waals surface area contributed by atoms with Crippen molar-refractivity contribution in [1.82, 2.24) is 4.98 Å². The predicted molar refractivity (Wildman–Crippen MR) is 61.5 cm³/mol. The first kappa shape index (κ1) is 14.8. The Balaban J connectivity index is 3.30. The molecule has 5 nitrogen and oxygen atoms in total. The van der Waals surface area contributed by atoms with Gasteiger partial charge in [0.1, 0.15) is 5.56 Å². The highest BCUT2D eigenvalue weighted by Gasteiger charge is 2.34. The molecule has 0 spiro atoms. The number of methoxy groups -OCH3 is 2. The summed E-state index contributed by atoms with van der Waals surface area (Å²) in [6.07, 6.45) is -4.05. The number of alkyl halides is 3.